The molecule has 4 aromatic heterocycles. The molecule has 258 valence electrons. The molecule has 0 fully saturated rings. The van der Waals surface area contributed by atoms with Crippen molar-refractivity contribution in [2.75, 3.05) is 4.90 Å². The van der Waals surface area contributed by atoms with Crippen molar-refractivity contribution in [3.63, 3.8) is 0 Å². The molecular weight excluding hydrogens is 679 g/mol. The summed E-state index contributed by atoms with van der Waals surface area (Å²) in [7, 11) is 0. The number of oxazole rings is 1. The Balaban J connectivity index is 1.26. The molecule has 4 heterocycles. The quantitative estimate of drug-likeness (QED) is 0.178. The second-order valence-electron chi connectivity index (χ2n) is 13.9. The highest BCUT2D eigenvalue weighted by Gasteiger charge is 2.29. The van der Waals surface area contributed by atoms with Crippen LogP contribution in [0.1, 0.15) is 0 Å². The number of nitrogens with zero attached hydrogens (tertiary/aromatic N) is 3. The molecule has 12 rings (SSSR count). The third-order valence-electron chi connectivity index (χ3n) is 10.8. The number of anilines is 3. The Morgan fingerprint density at radius 3 is 1.93 bits per heavy atom. The Labute approximate surface area is 313 Å². The normalized spacial score (nSPS) is 12.0. The molecule has 6 heteroatoms. The summed E-state index contributed by atoms with van der Waals surface area (Å²) in [5, 5.41) is 6.33. The lowest BCUT2D eigenvalue weighted by molar-refractivity contribution is 0.617. The first-order valence-corrected chi connectivity index (χ1v) is 18.4. The van der Waals surface area contributed by atoms with E-state index in [1.807, 2.05) is 60.7 Å². The van der Waals surface area contributed by atoms with Crippen LogP contribution in [0.5, 0.6) is 0 Å². The van der Waals surface area contributed by atoms with Crippen LogP contribution in [-0.2, 0) is 0 Å². The second kappa shape index (κ2) is 11.5. The van der Waals surface area contributed by atoms with Gasteiger partial charge in [-0.25, -0.2) is 4.98 Å². The number of benzene rings is 8. The van der Waals surface area contributed by atoms with E-state index < -0.39 is 0 Å². The standard InChI is InChI=1S/C49H29N3O3/c1-3-14-30(15-4-1)49-50-47-44(55-49)29-43-46(36-20-9-12-25-41(36)54-43)48(47)52(32-26-27-34-33-18-8-11-24-40(33)53-42(34)28-32)39-23-13-22-38-45(39)35-19-7-10-21-37(35)51(38)31-16-5-2-6-17-31/h1-29H. The summed E-state index contributed by atoms with van der Waals surface area (Å²) in [6.45, 7) is 0. The van der Waals surface area contributed by atoms with Gasteiger partial charge in [0.05, 0.1) is 33.5 Å². The summed E-state index contributed by atoms with van der Waals surface area (Å²) < 4.78 is 22.2. The molecular formula is C49H29N3O3. The Kier molecular flexibility index (Phi) is 6.24. The highest BCUT2D eigenvalue weighted by molar-refractivity contribution is 6.24. The SMILES string of the molecule is c1ccc(-c2nc3c(N(c4ccc5c(c4)oc4ccccc45)c4cccc5c4c4ccccc4n5-c4ccccc4)c4c(cc3o2)oc2ccccc24)cc1. The molecule has 8 aromatic carbocycles. The molecule has 0 N–H and O–H groups in total. The van der Waals surface area contributed by atoms with E-state index in [4.69, 9.17) is 18.2 Å². The molecule has 0 aliphatic carbocycles. The molecule has 0 unspecified atom stereocenters. The van der Waals surface area contributed by atoms with Gasteiger partial charge in [0.1, 0.15) is 27.8 Å². The smallest absolute Gasteiger partial charge is 0.227 e. The van der Waals surface area contributed by atoms with E-state index in [1.54, 1.807) is 0 Å². The Morgan fingerprint density at radius 1 is 0.436 bits per heavy atom. The van der Waals surface area contributed by atoms with Crippen molar-refractivity contribution in [1.29, 1.82) is 0 Å². The fraction of sp³-hybridized carbons (Fsp3) is 0. The van der Waals surface area contributed by atoms with Gasteiger partial charge >= 0.3 is 0 Å². The van der Waals surface area contributed by atoms with Crippen LogP contribution in [0.4, 0.5) is 17.1 Å². The third-order valence-corrected chi connectivity index (χ3v) is 10.8. The van der Waals surface area contributed by atoms with E-state index in [1.165, 1.54) is 0 Å². The second-order valence-corrected chi connectivity index (χ2v) is 13.9. The number of rotatable bonds is 5. The molecule has 0 bridgehead atoms. The summed E-state index contributed by atoms with van der Waals surface area (Å²) in [6, 6.07) is 60.7. The molecule has 55 heavy (non-hydrogen) atoms. The maximum absolute atomic E-state index is 6.63. The zero-order valence-electron chi connectivity index (χ0n) is 29.3. The van der Waals surface area contributed by atoms with Gasteiger partial charge in [0.15, 0.2) is 5.58 Å². The topological polar surface area (TPSA) is 60.5 Å². The average molecular weight is 708 g/mol. The zero-order valence-corrected chi connectivity index (χ0v) is 29.3. The maximum Gasteiger partial charge on any atom is 0.227 e. The first-order valence-electron chi connectivity index (χ1n) is 18.4. The van der Waals surface area contributed by atoms with Crippen LogP contribution in [-0.4, -0.2) is 9.55 Å². The van der Waals surface area contributed by atoms with Crippen molar-refractivity contribution in [2.45, 2.75) is 0 Å². The highest BCUT2D eigenvalue weighted by atomic mass is 16.4. The lowest BCUT2D eigenvalue weighted by Crippen LogP contribution is -2.11. The Hall–Kier alpha value is -7.57. The summed E-state index contributed by atoms with van der Waals surface area (Å²) in [5.41, 5.74) is 11.5. The van der Waals surface area contributed by atoms with Crippen LogP contribution < -0.4 is 4.90 Å². The summed E-state index contributed by atoms with van der Waals surface area (Å²) in [6.07, 6.45) is 0. The molecule has 6 nitrogen and oxygen atoms in total. The van der Waals surface area contributed by atoms with Gasteiger partial charge in [-0.05, 0) is 66.7 Å². The van der Waals surface area contributed by atoms with Crippen LogP contribution in [0.25, 0.3) is 93.9 Å². The van der Waals surface area contributed by atoms with Gasteiger partial charge in [-0.15, -0.1) is 0 Å². The van der Waals surface area contributed by atoms with Gasteiger partial charge in [-0.1, -0.05) is 97.1 Å². The van der Waals surface area contributed by atoms with E-state index in [2.05, 4.69) is 125 Å². The minimum absolute atomic E-state index is 0.542. The summed E-state index contributed by atoms with van der Waals surface area (Å²) >= 11 is 0. The third kappa shape index (κ3) is 4.39. The van der Waals surface area contributed by atoms with Crippen molar-refractivity contribution >= 4 is 93.8 Å². The predicted molar refractivity (Wildman–Crippen MR) is 223 cm³/mol. The fourth-order valence-electron chi connectivity index (χ4n) is 8.45. The molecule has 0 amide bonds. The van der Waals surface area contributed by atoms with Gasteiger partial charge in [0.2, 0.25) is 5.89 Å². The first kappa shape index (κ1) is 29.9. The fourth-order valence-corrected chi connectivity index (χ4v) is 8.45. The molecule has 0 aliphatic rings. The number of para-hydroxylation sites is 4. The van der Waals surface area contributed by atoms with Crippen molar-refractivity contribution < 1.29 is 13.3 Å². The van der Waals surface area contributed by atoms with Crippen molar-refractivity contribution in [3.05, 3.63) is 176 Å². The van der Waals surface area contributed by atoms with Crippen LogP contribution in [0.2, 0.25) is 0 Å². The van der Waals surface area contributed by atoms with Gasteiger partial charge in [0, 0.05) is 50.3 Å². The predicted octanol–water partition coefficient (Wildman–Crippen LogP) is 13.9. The van der Waals surface area contributed by atoms with Gasteiger partial charge in [0.25, 0.3) is 0 Å². The van der Waals surface area contributed by atoms with Gasteiger partial charge in [-0.2, -0.15) is 0 Å². The van der Waals surface area contributed by atoms with Gasteiger partial charge < -0.3 is 22.7 Å². The van der Waals surface area contributed by atoms with E-state index >= 15 is 0 Å². The van der Waals surface area contributed by atoms with Gasteiger partial charge in [-0.3, -0.25) is 0 Å². The van der Waals surface area contributed by atoms with Crippen LogP contribution in [0, 0.1) is 0 Å². The number of hydrogen-bond acceptors (Lipinski definition) is 5. The lowest BCUT2D eigenvalue weighted by Gasteiger charge is -2.27. The van der Waals surface area contributed by atoms with E-state index in [0.29, 0.717) is 17.1 Å². The number of fused-ring (bicyclic) bond motifs is 10. The largest absolute Gasteiger partial charge is 0.456 e. The molecule has 0 atom stereocenters. The molecule has 0 saturated heterocycles. The monoisotopic (exact) mass is 707 g/mol. The molecule has 0 radical (unpaired) electrons. The molecule has 0 spiro atoms. The highest BCUT2D eigenvalue weighted by Crippen LogP contribution is 2.51. The minimum Gasteiger partial charge on any atom is -0.456 e. The van der Waals surface area contributed by atoms with E-state index in [0.717, 1.165) is 93.9 Å². The van der Waals surface area contributed by atoms with Crippen molar-refractivity contribution in [3.8, 4) is 17.1 Å². The average Bonchev–Trinajstić information content (AvgIpc) is 4.01. The number of hydrogen-bond donors (Lipinski definition) is 0. The first-order chi connectivity index (χ1) is 27.3. The van der Waals surface area contributed by atoms with Crippen LogP contribution >= 0.6 is 0 Å². The summed E-state index contributed by atoms with van der Waals surface area (Å²) in [5.74, 6) is 0.542. The van der Waals surface area contributed by atoms with Crippen molar-refractivity contribution in [1.82, 2.24) is 9.55 Å². The molecule has 0 saturated carbocycles. The lowest BCUT2D eigenvalue weighted by atomic mass is 10.0. The van der Waals surface area contributed by atoms with Crippen LogP contribution in [0.15, 0.2) is 189 Å². The van der Waals surface area contributed by atoms with E-state index in [9.17, 15) is 0 Å². The van der Waals surface area contributed by atoms with E-state index in [-0.39, 0.29) is 0 Å². The zero-order chi connectivity index (χ0) is 36.0. The van der Waals surface area contributed by atoms with Crippen LogP contribution in [0.3, 0.4) is 0 Å². The molecule has 12 aromatic rings. The number of furan rings is 2. The molecule has 0 aliphatic heterocycles. The summed E-state index contributed by atoms with van der Waals surface area (Å²) in [4.78, 5) is 7.64. The Morgan fingerprint density at radius 2 is 1.09 bits per heavy atom. The Bertz CT molecular complexity index is 3440. The number of aromatic nitrogens is 2. The van der Waals surface area contributed by atoms with Crippen molar-refractivity contribution in [2.24, 2.45) is 0 Å². The minimum atomic E-state index is 0.542. The maximum atomic E-state index is 6.63.